The summed E-state index contributed by atoms with van der Waals surface area (Å²) in [6, 6.07) is 22.6. The molecule has 3 heterocycles. The molecule has 7 aromatic rings. The van der Waals surface area contributed by atoms with Gasteiger partial charge in [0.05, 0.1) is 39.0 Å². The van der Waals surface area contributed by atoms with E-state index in [2.05, 4.69) is 119 Å². The molecule has 0 saturated heterocycles. The van der Waals surface area contributed by atoms with Crippen LogP contribution in [0.15, 0.2) is 60.8 Å². The Morgan fingerprint density at radius 3 is 2.22 bits per heavy atom. The summed E-state index contributed by atoms with van der Waals surface area (Å²) in [5, 5.41) is 18.9. The summed E-state index contributed by atoms with van der Waals surface area (Å²) in [4.78, 5) is 0. The monoisotopic (exact) mass is 536 g/mol. The molecule has 0 unspecified atom stereocenters. The third-order valence-electron chi connectivity index (χ3n) is 8.79. The van der Waals surface area contributed by atoms with Gasteiger partial charge < -0.3 is 4.40 Å². The van der Waals surface area contributed by atoms with Crippen LogP contribution in [0.4, 0.5) is 0 Å². The highest BCUT2D eigenvalue weighted by atomic mass is 15.0. The van der Waals surface area contributed by atoms with E-state index in [0.717, 1.165) is 34.7 Å². The van der Waals surface area contributed by atoms with Gasteiger partial charge in [-0.25, -0.2) is 4.57 Å². The summed E-state index contributed by atoms with van der Waals surface area (Å²) < 4.78 is 4.82. The summed E-state index contributed by atoms with van der Waals surface area (Å²) in [6.07, 6.45) is 4.20. The topological polar surface area (TPSA) is 32.1 Å². The Morgan fingerprint density at radius 1 is 0.780 bits per heavy atom. The number of nitrogens with zero attached hydrogens (tertiary/aromatic N) is 3. The number of aryl methyl sites for hydroxylation is 2. The number of pyridine rings is 2. The molecule has 0 bridgehead atoms. The van der Waals surface area contributed by atoms with Crippen molar-refractivity contribution in [2.45, 2.75) is 61.3 Å². The smallest absolute Gasteiger partial charge is 0.224 e. The average molecular weight is 537 g/mol. The molecule has 3 heteroatoms. The Hall–Kier alpha value is -4.16. The summed E-state index contributed by atoms with van der Waals surface area (Å²) in [5.41, 5.74) is 10.0. The number of fused-ring (bicyclic) bond motifs is 7. The van der Waals surface area contributed by atoms with Gasteiger partial charge in [0.15, 0.2) is 6.20 Å². The van der Waals surface area contributed by atoms with Gasteiger partial charge in [-0.15, -0.1) is 0 Å². The number of hydrogen-bond donors (Lipinski definition) is 0. The van der Waals surface area contributed by atoms with Gasteiger partial charge in [0.25, 0.3) is 0 Å². The van der Waals surface area contributed by atoms with E-state index in [-0.39, 0.29) is 10.8 Å². The molecule has 0 aliphatic carbocycles. The molecule has 0 radical (unpaired) electrons. The fourth-order valence-corrected chi connectivity index (χ4v) is 7.35. The SMILES string of the molecule is Cc1c2cc(CC(C)(C)C)ccc2c(CC(C)(C)C)c2c1c1c3c(ccc4c5c(C#N)cccc5n2c43)cc[n+]1C. The molecule has 0 atom stereocenters. The number of nitriles is 1. The second-order valence-electron chi connectivity index (χ2n) is 14.5. The fraction of sp³-hybridized carbons (Fsp3) is 0.316. The van der Waals surface area contributed by atoms with Gasteiger partial charge in [-0.1, -0.05) is 77.9 Å². The minimum absolute atomic E-state index is 0.0884. The number of hydrogen-bond acceptors (Lipinski definition) is 1. The van der Waals surface area contributed by atoms with E-state index in [1.54, 1.807) is 0 Å². The van der Waals surface area contributed by atoms with E-state index >= 15 is 0 Å². The van der Waals surface area contributed by atoms with Gasteiger partial charge in [0.2, 0.25) is 5.52 Å². The van der Waals surface area contributed by atoms with Crippen molar-refractivity contribution in [3.8, 4) is 6.07 Å². The van der Waals surface area contributed by atoms with Crippen LogP contribution in [0.1, 0.15) is 63.8 Å². The summed E-state index contributed by atoms with van der Waals surface area (Å²) in [6.45, 7) is 16.3. The first-order valence-electron chi connectivity index (χ1n) is 14.8. The number of benzene rings is 4. The molecular formula is C38H38N3+. The molecule has 204 valence electrons. The standard InChI is InChI=1S/C38H38N3/c1-22-28-18-23(19-37(2,3)4)12-14-26(28)29(20-38(5,6)7)35-31(22)36-33-24(16-17-40(36)8)13-15-27-32-25(21-39)10-9-11-30(32)41(35)34(27)33/h9-18H,19-20H2,1-8H3/q+1. The Morgan fingerprint density at radius 2 is 1.51 bits per heavy atom. The van der Waals surface area contributed by atoms with Crippen LogP contribution >= 0.6 is 0 Å². The Kier molecular flexibility index (Phi) is 5.30. The third-order valence-corrected chi connectivity index (χ3v) is 8.79. The minimum atomic E-state index is 0.0884. The lowest BCUT2D eigenvalue weighted by molar-refractivity contribution is -0.643. The van der Waals surface area contributed by atoms with E-state index < -0.39 is 0 Å². The van der Waals surface area contributed by atoms with Crippen LogP contribution in [0, 0.1) is 29.1 Å². The summed E-state index contributed by atoms with van der Waals surface area (Å²) in [7, 11) is 2.18. The average Bonchev–Trinajstić information content (AvgIpc) is 3.24. The Balaban J connectivity index is 1.84. The van der Waals surface area contributed by atoms with E-state index in [0.29, 0.717) is 0 Å². The van der Waals surface area contributed by atoms with Gasteiger partial charge >= 0.3 is 0 Å². The van der Waals surface area contributed by atoms with Crippen molar-refractivity contribution >= 4 is 59.8 Å². The van der Waals surface area contributed by atoms with Crippen molar-refractivity contribution in [1.82, 2.24) is 4.40 Å². The van der Waals surface area contributed by atoms with E-state index in [1.165, 1.54) is 60.2 Å². The molecule has 0 spiro atoms. The quantitative estimate of drug-likeness (QED) is 0.123. The Labute approximate surface area is 242 Å². The van der Waals surface area contributed by atoms with Crippen molar-refractivity contribution < 1.29 is 4.57 Å². The van der Waals surface area contributed by atoms with Gasteiger partial charge in [-0.2, -0.15) is 5.26 Å². The van der Waals surface area contributed by atoms with Crippen LogP contribution in [0.2, 0.25) is 0 Å². The molecule has 3 aromatic heterocycles. The molecule has 0 aliphatic rings. The maximum atomic E-state index is 10.2. The predicted molar refractivity (Wildman–Crippen MR) is 173 cm³/mol. The van der Waals surface area contributed by atoms with Crippen LogP contribution in [0.3, 0.4) is 0 Å². The molecule has 7 rings (SSSR count). The molecule has 0 saturated carbocycles. The highest BCUT2D eigenvalue weighted by Gasteiger charge is 2.29. The van der Waals surface area contributed by atoms with Crippen LogP contribution < -0.4 is 4.57 Å². The second kappa shape index (κ2) is 8.43. The molecule has 4 aromatic carbocycles. The Bertz CT molecular complexity index is 2240. The zero-order valence-corrected chi connectivity index (χ0v) is 25.5. The van der Waals surface area contributed by atoms with Crippen LogP contribution in [0.5, 0.6) is 0 Å². The van der Waals surface area contributed by atoms with Crippen molar-refractivity contribution in [3.63, 3.8) is 0 Å². The highest BCUT2D eigenvalue weighted by Crippen LogP contribution is 2.46. The van der Waals surface area contributed by atoms with Crippen LogP contribution in [-0.4, -0.2) is 4.40 Å². The number of rotatable bonds is 2. The lowest BCUT2D eigenvalue weighted by Gasteiger charge is -2.25. The molecule has 0 fully saturated rings. The molecule has 0 aliphatic heterocycles. The second-order valence-corrected chi connectivity index (χ2v) is 14.5. The van der Waals surface area contributed by atoms with Crippen molar-refractivity contribution in [2.75, 3.05) is 0 Å². The van der Waals surface area contributed by atoms with E-state index in [1.807, 2.05) is 12.1 Å². The summed E-state index contributed by atoms with van der Waals surface area (Å²) >= 11 is 0. The molecule has 0 amide bonds. The van der Waals surface area contributed by atoms with Crippen molar-refractivity contribution in [2.24, 2.45) is 17.9 Å². The van der Waals surface area contributed by atoms with Crippen LogP contribution in [-0.2, 0) is 19.9 Å². The third kappa shape index (κ3) is 3.73. The molecule has 0 N–H and O–H groups in total. The van der Waals surface area contributed by atoms with Gasteiger partial charge in [-0.3, -0.25) is 0 Å². The lowest BCUT2D eigenvalue weighted by Crippen LogP contribution is -2.29. The van der Waals surface area contributed by atoms with Crippen molar-refractivity contribution in [1.29, 1.82) is 5.26 Å². The normalized spacial score (nSPS) is 13.0. The largest absolute Gasteiger partial charge is 0.307 e. The lowest BCUT2D eigenvalue weighted by atomic mass is 9.81. The number of aromatic nitrogens is 2. The van der Waals surface area contributed by atoms with Gasteiger partial charge in [0.1, 0.15) is 7.05 Å². The predicted octanol–water partition coefficient (Wildman–Crippen LogP) is 9.32. The molecule has 3 nitrogen and oxygen atoms in total. The first-order valence-corrected chi connectivity index (χ1v) is 14.8. The van der Waals surface area contributed by atoms with Gasteiger partial charge in [0, 0.05) is 16.8 Å². The maximum absolute atomic E-state index is 10.2. The fourth-order valence-electron chi connectivity index (χ4n) is 7.35. The van der Waals surface area contributed by atoms with E-state index in [9.17, 15) is 5.26 Å². The highest BCUT2D eigenvalue weighted by molar-refractivity contribution is 6.29. The molecule has 41 heavy (non-hydrogen) atoms. The minimum Gasteiger partial charge on any atom is -0.307 e. The van der Waals surface area contributed by atoms with Gasteiger partial charge in [-0.05, 0) is 75.6 Å². The first kappa shape index (κ1) is 25.8. The first-order chi connectivity index (χ1) is 19.4. The summed E-state index contributed by atoms with van der Waals surface area (Å²) in [5.74, 6) is 0. The zero-order valence-electron chi connectivity index (χ0n) is 25.5. The molecular weight excluding hydrogens is 498 g/mol. The van der Waals surface area contributed by atoms with Crippen molar-refractivity contribution in [3.05, 3.63) is 83.0 Å². The van der Waals surface area contributed by atoms with Crippen LogP contribution in [0.25, 0.3) is 59.8 Å². The zero-order chi connectivity index (χ0) is 29.0. The van der Waals surface area contributed by atoms with E-state index in [4.69, 9.17) is 0 Å². The maximum Gasteiger partial charge on any atom is 0.224 e.